The molecule has 2 heterocycles. The number of rotatable bonds is 7. The van der Waals surface area contributed by atoms with Gasteiger partial charge in [0.25, 0.3) is 5.91 Å². The van der Waals surface area contributed by atoms with E-state index in [0.717, 1.165) is 18.7 Å². The molecule has 0 radical (unpaired) electrons. The Bertz CT molecular complexity index is 1080. The number of benzene rings is 2. The van der Waals surface area contributed by atoms with E-state index in [9.17, 15) is 9.18 Å². The van der Waals surface area contributed by atoms with Crippen molar-refractivity contribution in [3.8, 4) is 0 Å². The number of halogens is 2. The highest BCUT2D eigenvalue weighted by Gasteiger charge is 2.25. The second-order valence-corrected chi connectivity index (χ2v) is 7.84. The van der Waals surface area contributed by atoms with E-state index in [4.69, 9.17) is 16.3 Å². The first-order valence-electron chi connectivity index (χ1n) is 10.4. The van der Waals surface area contributed by atoms with Gasteiger partial charge in [0.1, 0.15) is 11.6 Å². The predicted octanol–water partition coefficient (Wildman–Crippen LogP) is 4.42. The van der Waals surface area contributed by atoms with Gasteiger partial charge in [0.05, 0.1) is 24.8 Å². The van der Waals surface area contributed by atoms with Crippen LogP contribution in [0.25, 0.3) is 0 Å². The van der Waals surface area contributed by atoms with Crippen molar-refractivity contribution in [1.82, 2.24) is 15.2 Å². The molecule has 0 saturated carbocycles. The fourth-order valence-corrected chi connectivity index (χ4v) is 4.01. The molecule has 1 atom stereocenters. The van der Waals surface area contributed by atoms with E-state index in [1.165, 1.54) is 12.1 Å². The Hall–Kier alpha value is -3.00. The number of amides is 1. The molecule has 6 nitrogen and oxygen atoms in total. The number of pyridine rings is 1. The fourth-order valence-electron chi connectivity index (χ4n) is 3.75. The van der Waals surface area contributed by atoms with Gasteiger partial charge in [-0.1, -0.05) is 35.9 Å². The number of ether oxygens (including phenoxy) is 1. The second-order valence-electron chi connectivity index (χ2n) is 7.43. The van der Waals surface area contributed by atoms with E-state index >= 15 is 0 Å². The summed E-state index contributed by atoms with van der Waals surface area (Å²) in [5.41, 5.74) is 1.84. The summed E-state index contributed by atoms with van der Waals surface area (Å²) in [6.45, 7) is 3.16. The lowest BCUT2D eigenvalue weighted by atomic mass is 10.0. The minimum absolute atomic E-state index is 0.0900. The van der Waals surface area contributed by atoms with Gasteiger partial charge < -0.3 is 15.4 Å². The van der Waals surface area contributed by atoms with Crippen LogP contribution in [0, 0.1) is 5.82 Å². The lowest BCUT2D eigenvalue weighted by Crippen LogP contribution is -2.44. The van der Waals surface area contributed by atoms with Crippen molar-refractivity contribution < 1.29 is 13.9 Å². The van der Waals surface area contributed by atoms with E-state index in [2.05, 4.69) is 20.5 Å². The fraction of sp³-hybridized carbons (Fsp3) is 0.250. The van der Waals surface area contributed by atoms with Crippen LogP contribution in [0.4, 0.5) is 15.9 Å². The van der Waals surface area contributed by atoms with Crippen molar-refractivity contribution in [1.29, 1.82) is 0 Å². The zero-order chi connectivity index (χ0) is 22.3. The Kier molecular flexibility index (Phi) is 7.32. The van der Waals surface area contributed by atoms with Gasteiger partial charge in [0.2, 0.25) is 0 Å². The summed E-state index contributed by atoms with van der Waals surface area (Å²) < 4.78 is 19.0. The van der Waals surface area contributed by atoms with Gasteiger partial charge in [-0.05, 0) is 42.0 Å². The van der Waals surface area contributed by atoms with Crippen LogP contribution >= 0.6 is 11.6 Å². The van der Waals surface area contributed by atoms with Crippen molar-refractivity contribution in [2.24, 2.45) is 0 Å². The van der Waals surface area contributed by atoms with Crippen molar-refractivity contribution in [3.05, 3.63) is 88.8 Å². The number of carbonyl (C=O) groups is 1. The lowest BCUT2D eigenvalue weighted by molar-refractivity contribution is 0.0162. The molecule has 3 aromatic rings. The zero-order valence-electron chi connectivity index (χ0n) is 17.4. The van der Waals surface area contributed by atoms with E-state index in [0.29, 0.717) is 41.8 Å². The van der Waals surface area contributed by atoms with Crippen LogP contribution in [0.3, 0.4) is 0 Å². The predicted molar refractivity (Wildman–Crippen MR) is 123 cm³/mol. The van der Waals surface area contributed by atoms with E-state index < -0.39 is 0 Å². The molecule has 1 fully saturated rings. The maximum Gasteiger partial charge on any atom is 0.255 e. The number of hydrogen-bond donors (Lipinski definition) is 2. The maximum atomic E-state index is 13.5. The third-order valence-corrected chi connectivity index (χ3v) is 5.69. The smallest absolute Gasteiger partial charge is 0.255 e. The number of morpholine rings is 1. The number of hydrogen-bond acceptors (Lipinski definition) is 5. The van der Waals surface area contributed by atoms with E-state index in [1.54, 1.807) is 30.5 Å². The molecule has 0 bridgehead atoms. The molecular weight excluding hydrogens is 431 g/mol. The minimum Gasteiger partial charge on any atom is -0.379 e. The third kappa shape index (κ3) is 5.43. The monoisotopic (exact) mass is 454 g/mol. The summed E-state index contributed by atoms with van der Waals surface area (Å²) >= 11 is 6.48. The molecule has 8 heteroatoms. The van der Waals surface area contributed by atoms with Crippen molar-refractivity contribution in [3.63, 3.8) is 0 Å². The molecule has 1 unspecified atom stereocenters. The minimum atomic E-state index is -0.370. The number of anilines is 2. The summed E-state index contributed by atoms with van der Waals surface area (Å²) in [5.74, 6) is -0.288. The Morgan fingerprint density at radius 1 is 1.12 bits per heavy atom. The molecule has 0 spiro atoms. The molecule has 1 aliphatic rings. The lowest BCUT2D eigenvalue weighted by Gasteiger charge is -2.35. The van der Waals surface area contributed by atoms with Gasteiger partial charge >= 0.3 is 0 Å². The SMILES string of the molecule is O=C(NCC(c1ccccc1Cl)N1CCOCC1)c1cccnc1Nc1cccc(F)c1. The number of nitrogens with zero attached hydrogens (tertiary/aromatic N) is 2. The molecule has 32 heavy (non-hydrogen) atoms. The highest BCUT2D eigenvalue weighted by Crippen LogP contribution is 2.28. The molecule has 166 valence electrons. The largest absolute Gasteiger partial charge is 0.379 e. The summed E-state index contributed by atoms with van der Waals surface area (Å²) in [4.78, 5) is 19.6. The van der Waals surface area contributed by atoms with Crippen LogP contribution in [0.2, 0.25) is 5.02 Å². The molecule has 1 aliphatic heterocycles. The maximum absolute atomic E-state index is 13.5. The highest BCUT2D eigenvalue weighted by atomic mass is 35.5. The second kappa shape index (κ2) is 10.5. The number of carbonyl (C=O) groups excluding carboxylic acids is 1. The Morgan fingerprint density at radius 2 is 1.94 bits per heavy atom. The molecule has 2 aromatic carbocycles. The first-order valence-corrected chi connectivity index (χ1v) is 10.8. The Labute approximate surface area is 191 Å². The van der Waals surface area contributed by atoms with Gasteiger partial charge in [0.15, 0.2) is 0 Å². The summed E-state index contributed by atoms with van der Waals surface area (Å²) in [6, 6.07) is 17.0. The summed E-state index contributed by atoms with van der Waals surface area (Å²) in [6.07, 6.45) is 1.58. The number of aromatic nitrogens is 1. The Morgan fingerprint density at radius 3 is 2.72 bits per heavy atom. The third-order valence-electron chi connectivity index (χ3n) is 5.35. The zero-order valence-corrected chi connectivity index (χ0v) is 18.2. The molecule has 4 rings (SSSR count). The highest BCUT2D eigenvalue weighted by molar-refractivity contribution is 6.31. The van der Waals surface area contributed by atoms with Crippen molar-refractivity contribution in [2.45, 2.75) is 6.04 Å². The average Bonchev–Trinajstić information content (AvgIpc) is 2.81. The van der Waals surface area contributed by atoms with E-state index in [1.807, 2.05) is 24.3 Å². The van der Waals surface area contributed by atoms with Gasteiger partial charge in [-0.2, -0.15) is 0 Å². The van der Waals surface area contributed by atoms with Crippen LogP contribution in [0.5, 0.6) is 0 Å². The standard InChI is InChI=1S/C24H24ClFN4O2/c25-21-9-2-1-7-19(21)22(30-11-13-32-14-12-30)16-28-24(31)20-8-4-10-27-23(20)29-18-6-3-5-17(26)15-18/h1-10,15,22H,11-14,16H2,(H,27,29)(H,28,31). The first kappa shape index (κ1) is 22.2. The quantitative estimate of drug-likeness (QED) is 0.553. The van der Waals surface area contributed by atoms with Crippen molar-refractivity contribution >= 4 is 29.0 Å². The van der Waals surface area contributed by atoms with Gasteiger partial charge in [0, 0.05) is 36.5 Å². The normalized spacial score (nSPS) is 15.2. The topological polar surface area (TPSA) is 66.5 Å². The molecular formula is C24H24ClFN4O2. The van der Waals surface area contributed by atoms with Crippen LogP contribution in [-0.2, 0) is 4.74 Å². The van der Waals surface area contributed by atoms with Gasteiger partial charge in [-0.25, -0.2) is 9.37 Å². The van der Waals surface area contributed by atoms with Crippen LogP contribution < -0.4 is 10.6 Å². The summed E-state index contributed by atoms with van der Waals surface area (Å²) in [5, 5.41) is 6.71. The van der Waals surface area contributed by atoms with Gasteiger partial charge in [-0.15, -0.1) is 0 Å². The number of nitrogens with one attached hydrogen (secondary N) is 2. The first-order chi connectivity index (χ1) is 15.6. The van der Waals surface area contributed by atoms with E-state index in [-0.39, 0.29) is 17.8 Å². The molecule has 1 amide bonds. The van der Waals surface area contributed by atoms with Crippen LogP contribution in [0.15, 0.2) is 66.9 Å². The molecule has 0 aliphatic carbocycles. The van der Waals surface area contributed by atoms with Crippen LogP contribution in [0.1, 0.15) is 22.0 Å². The summed E-state index contributed by atoms with van der Waals surface area (Å²) in [7, 11) is 0. The van der Waals surface area contributed by atoms with Crippen molar-refractivity contribution in [2.75, 3.05) is 38.2 Å². The molecule has 2 N–H and O–H groups in total. The van der Waals surface area contributed by atoms with Gasteiger partial charge in [-0.3, -0.25) is 9.69 Å². The van der Waals surface area contributed by atoms with Crippen LogP contribution in [-0.4, -0.2) is 48.6 Å². The molecule has 1 aromatic heterocycles. The Balaban J connectivity index is 1.52. The average molecular weight is 455 g/mol. The molecule has 1 saturated heterocycles.